The summed E-state index contributed by atoms with van der Waals surface area (Å²) in [4.78, 5) is 4.13. The third-order valence-corrected chi connectivity index (χ3v) is 3.54. The fourth-order valence-electron chi connectivity index (χ4n) is 2.29. The molecule has 3 aromatic rings. The molecule has 0 unspecified atom stereocenters. The summed E-state index contributed by atoms with van der Waals surface area (Å²) in [5.74, 6) is 3.45. The molecule has 28 heavy (non-hydrogen) atoms. The highest BCUT2D eigenvalue weighted by molar-refractivity contribution is 5.62. The molecule has 0 saturated heterocycles. The van der Waals surface area contributed by atoms with E-state index in [1.54, 1.807) is 12.1 Å². The second-order valence-electron chi connectivity index (χ2n) is 5.70. The summed E-state index contributed by atoms with van der Waals surface area (Å²) in [6.07, 6.45) is -0.194. The Morgan fingerprint density at radius 3 is 2.43 bits per heavy atom. The van der Waals surface area contributed by atoms with Gasteiger partial charge < -0.3 is 15.2 Å². The third-order valence-electron chi connectivity index (χ3n) is 3.54. The lowest BCUT2D eigenvalue weighted by atomic mass is 10.1. The lowest BCUT2D eigenvalue weighted by Crippen LogP contribution is -2.26. The van der Waals surface area contributed by atoms with E-state index in [1.165, 1.54) is 17.4 Å². The minimum Gasteiger partial charge on any atom is -0.415 e. The van der Waals surface area contributed by atoms with Gasteiger partial charge in [0.15, 0.2) is 0 Å². The smallest absolute Gasteiger partial charge is 0.314 e. The predicted octanol–water partition coefficient (Wildman–Crippen LogP) is 2.98. The van der Waals surface area contributed by atoms with Crippen molar-refractivity contribution in [3.63, 3.8) is 0 Å². The van der Waals surface area contributed by atoms with Crippen molar-refractivity contribution in [1.82, 2.24) is 20.2 Å². The number of benzene rings is 1. The lowest BCUT2D eigenvalue weighted by Gasteiger charge is -2.15. The summed E-state index contributed by atoms with van der Waals surface area (Å²) in [7, 11) is 0. The van der Waals surface area contributed by atoms with Gasteiger partial charge in [-0.1, -0.05) is 0 Å². The van der Waals surface area contributed by atoms with E-state index in [0.29, 0.717) is 11.3 Å². The van der Waals surface area contributed by atoms with Crippen molar-refractivity contribution in [2.75, 3.05) is 0 Å². The zero-order chi connectivity index (χ0) is 20.3. The van der Waals surface area contributed by atoms with Crippen LogP contribution < -0.4 is 11.6 Å². The van der Waals surface area contributed by atoms with Crippen LogP contribution in [0.15, 0.2) is 47.1 Å². The molecular formula is C17H14F4N6O. The van der Waals surface area contributed by atoms with Crippen LogP contribution in [0.3, 0.4) is 0 Å². The number of alkyl halides is 2. The normalized spacial score (nSPS) is 11.9. The molecule has 1 aromatic carbocycles. The lowest BCUT2D eigenvalue weighted by molar-refractivity contribution is 0.116. The number of hydrazine groups is 1. The van der Waals surface area contributed by atoms with E-state index in [0.717, 1.165) is 18.2 Å². The molecule has 0 radical (unpaired) electrons. The van der Waals surface area contributed by atoms with E-state index in [2.05, 4.69) is 15.2 Å². The van der Waals surface area contributed by atoms with Gasteiger partial charge in [0.2, 0.25) is 5.89 Å². The molecule has 2 heterocycles. The van der Waals surface area contributed by atoms with Crippen LogP contribution in [0.25, 0.3) is 17.2 Å². The Morgan fingerprint density at radius 2 is 1.86 bits per heavy atom. The first-order valence-corrected chi connectivity index (χ1v) is 7.84. The van der Waals surface area contributed by atoms with Gasteiger partial charge in [-0.25, -0.2) is 14.6 Å². The number of nitrogens with two attached hydrogens (primary N) is 2. The van der Waals surface area contributed by atoms with Gasteiger partial charge in [0.25, 0.3) is 5.89 Å². The third kappa shape index (κ3) is 4.62. The van der Waals surface area contributed by atoms with Crippen LogP contribution in [0.2, 0.25) is 0 Å². The number of hydrogen-bond donors (Lipinski definition) is 2. The van der Waals surface area contributed by atoms with Crippen LogP contribution in [0.5, 0.6) is 0 Å². The quantitative estimate of drug-likeness (QED) is 0.376. The number of halogens is 4. The highest BCUT2D eigenvalue weighted by Crippen LogP contribution is 2.23. The van der Waals surface area contributed by atoms with Crippen molar-refractivity contribution >= 4 is 5.70 Å². The number of pyridine rings is 1. The average Bonchev–Trinajstić information content (AvgIpc) is 3.12. The second kappa shape index (κ2) is 8.05. The maximum atomic E-state index is 13.3. The van der Waals surface area contributed by atoms with Crippen molar-refractivity contribution in [3.05, 3.63) is 71.5 Å². The first-order valence-electron chi connectivity index (χ1n) is 7.84. The molecule has 146 valence electrons. The number of nitrogens with zero attached hydrogens (tertiary/aromatic N) is 4. The maximum Gasteiger partial charge on any atom is 0.314 e. The van der Waals surface area contributed by atoms with Gasteiger partial charge in [-0.05, 0) is 24.3 Å². The largest absolute Gasteiger partial charge is 0.415 e. The fourth-order valence-corrected chi connectivity index (χ4v) is 2.29. The predicted molar refractivity (Wildman–Crippen MR) is 90.7 cm³/mol. The van der Waals surface area contributed by atoms with E-state index >= 15 is 0 Å². The van der Waals surface area contributed by atoms with Crippen molar-refractivity contribution < 1.29 is 22.0 Å². The molecular weight excluding hydrogens is 380 g/mol. The summed E-state index contributed by atoms with van der Waals surface area (Å²) in [6.45, 7) is 0.116. The van der Waals surface area contributed by atoms with Gasteiger partial charge in [0.05, 0.1) is 23.5 Å². The summed E-state index contributed by atoms with van der Waals surface area (Å²) in [5.41, 5.74) is 6.88. The van der Waals surface area contributed by atoms with Crippen molar-refractivity contribution in [1.29, 1.82) is 0 Å². The highest BCUT2D eigenvalue weighted by atomic mass is 19.3. The topological polar surface area (TPSA) is 107 Å². The Morgan fingerprint density at radius 1 is 1.14 bits per heavy atom. The highest BCUT2D eigenvalue weighted by Gasteiger charge is 2.17. The molecule has 7 nitrogen and oxygen atoms in total. The van der Waals surface area contributed by atoms with Crippen LogP contribution in [0.4, 0.5) is 17.6 Å². The minimum absolute atomic E-state index is 0.0582. The number of aromatic nitrogens is 3. The van der Waals surface area contributed by atoms with Gasteiger partial charge in [-0.15, -0.1) is 10.2 Å². The van der Waals surface area contributed by atoms with Gasteiger partial charge in [0, 0.05) is 24.0 Å². The molecule has 0 amide bonds. The molecule has 3 rings (SSSR count). The zero-order valence-corrected chi connectivity index (χ0v) is 14.2. The molecule has 0 aliphatic heterocycles. The van der Waals surface area contributed by atoms with Crippen LogP contribution in [0, 0.1) is 11.6 Å². The Balaban J connectivity index is 1.69. The summed E-state index contributed by atoms with van der Waals surface area (Å²) in [5, 5.41) is 7.95. The minimum atomic E-state index is -2.86. The fraction of sp³-hybridized carbons (Fsp3) is 0.118. The number of rotatable bonds is 6. The van der Waals surface area contributed by atoms with E-state index < -0.39 is 24.0 Å². The first-order chi connectivity index (χ1) is 13.3. The van der Waals surface area contributed by atoms with Crippen LogP contribution >= 0.6 is 0 Å². The van der Waals surface area contributed by atoms with E-state index in [1.807, 2.05) is 0 Å². The molecule has 4 N–H and O–H groups in total. The summed E-state index contributed by atoms with van der Waals surface area (Å²) >= 11 is 0. The molecule has 0 aliphatic carbocycles. The van der Waals surface area contributed by atoms with E-state index in [4.69, 9.17) is 16.0 Å². The average molecular weight is 394 g/mol. The Bertz CT molecular complexity index is 969. The SMILES string of the molecule is N/C(=C\N(N)Cc1ccc(-c2nnc(C(F)F)o2)cn1)c1cc(F)cc(F)c1. The summed E-state index contributed by atoms with van der Waals surface area (Å²) in [6, 6.07) is 6.01. The molecule has 11 heteroatoms. The van der Waals surface area contributed by atoms with E-state index in [-0.39, 0.29) is 23.7 Å². The van der Waals surface area contributed by atoms with Gasteiger partial charge in [0.1, 0.15) is 11.6 Å². The number of hydrogen-bond acceptors (Lipinski definition) is 7. The Kier molecular flexibility index (Phi) is 5.54. The molecule has 0 spiro atoms. The standard InChI is InChI=1S/C17H14F4N6O/c18-11-3-10(4-12(19)5-11)14(22)8-27(23)7-13-2-1-9(6-24-13)16-25-26-17(28-16)15(20)21/h1-6,8,15H,7,22-23H2/b14-8-. The zero-order valence-electron chi connectivity index (χ0n) is 14.2. The van der Waals surface area contributed by atoms with Crippen LogP contribution in [-0.2, 0) is 6.54 Å². The molecule has 0 saturated carbocycles. The maximum absolute atomic E-state index is 13.3. The van der Waals surface area contributed by atoms with Gasteiger partial charge in [-0.3, -0.25) is 4.98 Å². The second-order valence-corrected chi connectivity index (χ2v) is 5.70. The van der Waals surface area contributed by atoms with Gasteiger partial charge >= 0.3 is 6.43 Å². The summed E-state index contributed by atoms with van der Waals surface area (Å²) < 4.78 is 56.3. The molecule has 0 atom stereocenters. The van der Waals surface area contributed by atoms with Crippen LogP contribution in [-0.4, -0.2) is 20.2 Å². The van der Waals surface area contributed by atoms with Gasteiger partial charge in [-0.2, -0.15) is 8.78 Å². The molecule has 0 fully saturated rings. The molecule has 0 bridgehead atoms. The van der Waals surface area contributed by atoms with Crippen molar-refractivity contribution in [3.8, 4) is 11.5 Å². The first kappa shape index (κ1) is 19.3. The molecule has 2 aromatic heterocycles. The Labute approximate surface area is 156 Å². The van der Waals surface area contributed by atoms with Crippen molar-refractivity contribution in [2.45, 2.75) is 13.0 Å². The van der Waals surface area contributed by atoms with Crippen molar-refractivity contribution in [2.24, 2.45) is 11.6 Å². The Hall–Kier alpha value is -3.47. The van der Waals surface area contributed by atoms with Crippen LogP contribution in [0.1, 0.15) is 23.6 Å². The molecule has 0 aliphatic rings. The van der Waals surface area contributed by atoms with E-state index in [9.17, 15) is 17.6 Å². The monoisotopic (exact) mass is 394 g/mol.